The minimum atomic E-state index is -0.0977. The van der Waals surface area contributed by atoms with Gasteiger partial charge in [-0.05, 0) is 44.4 Å². The standard InChI is InChI=1S/C18H29N3O3/c1-5-19-17(21-13-18(2)9-6-10-24-18)20-12-14-7-8-15(22-3)16(11-14)23-4/h7-8,11H,5-6,9-10,12-13H2,1-4H3,(H2,19,20,21). The topological polar surface area (TPSA) is 64.1 Å². The molecule has 6 heteroatoms. The van der Waals surface area contributed by atoms with E-state index in [1.54, 1.807) is 14.2 Å². The fraction of sp³-hybridized carbons (Fsp3) is 0.611. The Hall–Kier alpha value is -1.95. The molecule has 0 aliphatic carbocycles. The first-order valence-electron chi connectivity index (χ1n) is 8.47. The van der Waals surface area contributed by atoms with Crippen LogP contribution in [0, 0.1) is 0 Å². The lowest BCUT2D eigenvalue weighted by molar-refractivity contribution is 0.0243. The molecular formula is C18H29N3O3. The van der Waals surface area contributed by atoms with E-state index < -0.39 is 0 Å². The summed E-state index contributed by atoms with van der Waals surface area (Å²) in [6, 6.07) is 5.85. The summed E-state index contributed by atoms with van der Waals surface area (Å²) in [5.74, 6) is 2.24. The van der Waals surface area contributed by atoms with E-state index in [9.17, 15) is 0 Å². The SMILES string of the molecule is CCNC(=NCc1ccc(OC)c(OC)c1)NCC1(C)CCCO1. The molecule has 0 bridgehead atoms. The molecule has 2 N–H and O–H groups in total. The second-order valence-electron chi connectivity index (χ2n) is 6.14. The number of nitrogens with one attached hydrogen (secondary N) is 2. The number of benzene rings is 1. The van der Waals surface area contributed by atoms with E-state index in [0.717, 1.165) is 55.6 Å². The van der Waals surface area contributed by atoms with Crippen molar-refractivity contribution in [3.63, 3.8) is 0 Å². The second-order valence-corrected chi connectivity index (χ2v) is 6.14. The van der Waals surface area contributed by atoms with Crippen LogP contribution in [-0.4, -0.2) is 45.5 Å². The molecule has 1 aliphatic rings. The number of guanidine groups is 1. The summed E-state index contributed by atoms with van der Waals surface area (Å²) < 4.78 is 16.4. The van der Waals surface area contributed by atoms with Gasteiger partial charge < -0.3 is 24.8 Å². The molecular weight excluding hydrogens is 306 g/mol. The number of methoxy groups -OCH3 is 2. The van der Waals surface area contributed by atoms with Gasteiger partial charge in [-0.1, -0.05) is 6.07 Å². The van der Waals surface area contributed by atoms with Crippen molar-refractivity contribution in [2.75, 3.05) is 33.9 Å². The summed E-state index contributed by atoms with van der Waals surface area (Å²) in [7, 11) is 3.27. The Balaban J connectivity index is 1.99. The molecule has 24 heavy (non-hydrogen) atoms. The summed E-state index contributed by atoms with van der Waals surface area (Å²) in [6.07, 6.45) is 2.20. The van der Waals surface area contributed by atoms with Gasteiger partial charge in [-0.25, -0.2) is 4.99 Å². The van der Waals surface area contributed by atoms with Crippen LogP contribution in [0.25, 0.3) is 0 Å². The van der Waals surface area contributed by atoms with Crippen molar-refractivity contribution in [1.82, 2.24) is 10.6 Å². The molecule has 0 amide bonds. The van der Waals surface area contributed by atoms with Crippen LogP contribution in [0.15, 0.2) is 23.2 Å². The van der Waals surface area contributed by atoms with Gasteiger partial charge in [-0.3, -0.25) is 0 Å². The highest BCUT2D eigenvalue weighted by Gasteiger charge is 2.29. The zero-order chi connectivity index (χ0) is 17.4. The molecule has 1 aliphatic heterocycles. The van der Waals surface area contributed by atoms with Crippen molar-refractivity contribution in [2.24, 2.45) is 4.99 Å². The smallest absolute Gasteiger partial charge is 0.191 e. The van der Waals surface area contributed by atoms with Gasteiger partial charge in [-0.15, -0.1) is 0 Å². The van der Waals surface area contributed by atoms with Crippen molar-refractivity contribution in [1.29, 1.82) is 0 Å². The quantitative estimate of drug-likeness (QED) is 0.591. The molecule has 1 aromatic carbocycles. The molecule has 2 rings (SSSR count). The van der Waals surface area contributed by atoms with Crippen LogP contribution < -0.4 is 20.1 Å². The summed E-state index contributed by atoms with van der Waals surface area (Å²) in [4.78, 5) is 4.65. The van der Waals surface area contributed by atoms with Gasteiger partial charge in [0.25, 0.3) is 0 Å². The number of aliphatic imine (C=N–C) groups is 1. The fourth-order valence-corrected chi connectivity index (χ4v) is 2.74. The van der Waals surface area contributed by atoms with E-state index in [0.29, 0.717) is 6.54 Å². The number of hydrogen-bond acceptors (Lipinski definition) is 4. The zero-order valence-electron chi connectivity index (χ0n) is 15.1. The molecule has 0 saturated carbocycles. The summed E-state index contributed by atoms with van der Waals surface area (Å²) in [5.41, 5.74) is 0.965. The van der Waals surface area contributed by atoms with Crippen LogP contribution in [0.4, 0.5) is 0 Å². The molecule has 0 aromatic heterocycles. The molecule has 134 valence electrons. The lowest BCUT2D eigenvalue weighted by Crippen LogP contribution is -2.45. The highest BCUT2D eigenvalue weighted by Crippen LogP contribution is 2.27. The van der Waals surface area contributed by atoms with E-state index in [1.807, 2.05) is 18.2 Å². The minimum Gasteiger partial charge on any atom is -0.493 e. The van der Waals surface area contributed by atoms with E-state index in [1.165, 1.54) is 0 Å². The van der Waals surface area contributed by atoms with Crippen LogP contribution in [0.1, 0.15) is 32.3 Å². The maximum Gasteiger partial charge on any atom is 0.191 e. The first-order valence-corrected chi connectivity index (χ1v) is 8.47. The van der Waals surface area contributed by atoms with Crippen molar-refractivity contribution in [2.45, 2.75) is 38.8 Å². The Kier molecular flexibility index (Phi) is 6.73. The molecule has 0 radical (unpaired) electrons. The van der Waals surface area contributed by atoms with Gasteiger partial charge >= 0.3 is 0 Å². The Morgan fingerprint density at radius 2 is 2.04 bits per heavy atom. The van der Waals surface area contributed by atoms with E-state index >= 15 is 0 Å². The van der Waals surface area contributed by atoms with Crippen LogP contribution in [0.2, 0.25) is 0 Å². The normalized spacial score (nSPS) is 20.8. The van der Waals surface area contributed by atoms with E-state index in [-0.39, 0.29) is 5.60 Å². The van der Waals surface area contributed by atoms with Gasteiger partial charge in [0.2, 0.25) is 0 Å². The number of hydrogen-bond donors (Lipinski definition) is 2. The van der Waals surface area contributed by atoms with Crippen LogP contribution in [0.5, 0.6) is 11.5 Å². The third kappa shape index (κ3) is 5.03. The Morgan fingerprint density at radius 1 is 1.25 bits per heavy atom. The largest absolute Gasteiger partial charge is 0.493 e. The predicted octanol–water partition coefficient (Wildman–Crippen LogP) is 2.33. The molecule has 1 atom stereocenters. The molecule has 6 nitrogen and oxygen atoms in total. The summed E-state index contributed by atoms with van der Waals surface area (Å²) in [5, 5.41) is 6.66. The summed E-state index contributed by atoms with van der Waals surface area (Å²) in [6.45, 7) is 7.18. The first kappa shape index (κ1) is 18.4. The maximum atomic E-state index is 5.81. The van der Waals surface area contributed by atoms with Gasteiger partial charge in [0.05, 0.1) is 26.4 Å². The number of rotatable bonds is 7. The lowest BCUT2D eigenvalue weighted by atomic mass is 10.0. The Morgan fingerprint density at radius 3 is 2.67 bits per heavy atom. The van der Waals surface area contributed by atoms with Crippen molar-refractivity contribution in [3.8, 4) is 11.5 Å². The third-order valence-corrected chi connectivity index (χ3v) is 4.14. The van der Waals surface area contributed by atoms with Crippen LogP contribution in [0.3, 0.4) is 0 Å². The van der Waals surface area contributed by atoms with E-state index in [4.69, 9.17) is 14.2 Å². The molecule has 1 fully saturated rings. The molecule has 1 unspecified atom stereocenters. The van der Waals surface area contributed by atoms with Crippen LogP contribution >= 0.6 is 0 Å². The number of nitrogens with zero attached hydrogens (tertiary/aromatic N) is 1. The Labute approximate surface area is 144 Å². The minimum absolute atomic E-state index is 0.0977. The second kappa shape index (κ2) is 8.78. The van der Waals surface area contributed by atoms with Gasteiger partial charge in [0.1, 0.15) is 0 Å². The molecule has 0 spiro atoms. The highest BCUT2D eigenvalue weighted by molar-refractivity contribution is 5.79. The van der Waals surface area contributed by atoms with E-state index in [2.05, 4.69) is 29.5 Å². The third-order valence-electron chi connectivity index (χ3n) is 4.14. The Bertz CT molecular complexity index is 554. The predicted molar refractivity (Wildman–Crippen MR) is 96.0 cm³/mol. The monoisotopic (exact) mass is 335 g/mol. The van der Waals surface area contributed by atoms with Crippen molar-refractivity contribution in [3.05, 3.63) is 23.8 Å². The highest BCUT2D eigenvalue weighted by atomic mass is 16.5. The summed E-state index contributed by atoms with van der Waals surface area (Å²) >= 11 is 0. The van der Waals surface area contributed by atoms with Crippen molar-refractivity contribution >= 4 is 5.96 Å². The van der Waals surface area contributed by atoms with Gasteiger partial charge in [0, 0.05) is 19.7 Å². The first-order chi connectivity index (χ1) is 11.6. The molecule has 1 aromatic rings. The molecule has 1 saturated heterocycles. The van der Waals surface area contributed by atoms with Crippen LogP contribution in [-0.2, 0) is 11.3 Å². The molecule has 1 heterocycles. The average Bonchev–Trinajstić information content (AvgIpc) is 3.04. The lowest BCUT2D eigenvalue weighted by Gasteiger charge is -2.24. The van der Waals surface area contributed by atoms with Gasteiger partial charge in [0.15, 0.2) is 17.5 Å². The maximum absolute atomic E-state index is 5.81. The fourth-order valence-electron chi connectivity index (χ4n) is 2.74. The van der Waals surface area contributed by atoms with Gasteiger partial charge in [-0.2, -0.15) is 0 Å². The number of ether oxygens (including phenoxy) is 3. The van der Waals surface area contributed by atoms with Crippen molar-refractivity contribution < 1.29 is 14.2 Å². The zero-order valence-corrected chi connectivity index (χ0v) is 15.1. The average molecular weight is 335 g/mol.